The van der Waals surface area contributed by atoms with Gasteiger partial charge in [-0.2, -0.15) is 0 Å². The third kappa shape index (κ3) is 23.9. The predicted octanol–water partition coefficient (Wildman–Crippen LogP) is 5.45. The number of aliphatic hydroxyl groups is 1. The second-order valence-electron chi connectivity index (χ2n) is 3.17. The van der Waals surface area contributed by atoms with Crippen molar-refractivity contribution < 1.29 is 12.4 Å². The molecule has 1 aliphatic carbocycles. The summed E-state index contributed by atoms with van der Waals surface area (Å²) in [5.74, 6) is 0. The van der Waals surface area contributed by atoms with E-state index in [1.54, 1.807) is 0 Å². The quantitative estimate of drug-likeness (QED) is 0.473. The zero-order valence-electron chi connectivity index (χ0n) is 7.24. The Bertz CT molecular complexity index is 166. The minimum atomic E-state index is -5.47. The summed E-state index contributed by atoms with van der Waals surface area (Å²) in [5.41, 5.74) is 0. The van der Waals surface area contributed by atoms with E-state index in [1.807, 2.05) is 0 Å². The fraction of sp³-hybridized carbons (Fsp3) is 1.00. The third-order valence-corrected chi connectivity index (χ3v) is 1.57. The Labute approximate surface area is 106 Å². The molecule has 0 radical (unpaired) electrons. The monoisotopic (exact) mass is 494 g/mol. The first kappa shape index (κ1) is 16.4. The molecule has 0 aromatic carbocycles. The Kier molecular flexibility index (Phi) is 5.79. The molecule has 0 atom stereocenters. The molecule has 0 aliphatic heterocycles. The topological polar surface area (TPSA) is 20.2 Å². The van der Waals surface area contributed by atoms with Gasteiger partial charge in [-0.1, -0.05) is 19.3 Å². The summed E-state index contributed by atoms with van der Waals surface area (Å²) >= 11 is 0. The average molecular weight is 497 g/mol. The average Bonchev–Trinajstić information content (AvgIpc) is 1.81. The van der Waals surface area contributed by atoms with Crippen LogP contribution in [0.1, 0.15) is 32.1 Å². The van der Waals surface area contributed by atoms with Crippen molar-refractivity contribution in [2.45, 2.75) is 38.2 Å². The van der Waals surface area contributed by atoms with Crippen molar-refractivity contribution in [1.82, 2.24) is 0 Å². The van der Waals surface area contributed by atoms with E-state index in [1.165, 1.54) is 19.3 Å². The van der Waals surface area contributed by atoms with Crippen LogP contribution in [0.25, 0.3) is 0 Å². The van der Waals surface area contributed by atoms with E-state index < -0.39 is 7.31 Å². The van der Waals surface area contributed by atoms with Crippen molar-refractivity contribution in [1.29, 1.82) is 0 Å². The molecule has 0 amide bonds. The SMILES string of the molecule is OC1CCCCC1.[Cl][W]([Cl])([Cl])([Cl])([Cl])[Cl]. The summed E-state index contributed by atoms with van der Waals surface area (Å²) in [4.78, 5) is 0. The van der Waals surface area contributed by atoms with Crippen molar-refractivity contribution in [2.24, 2.45) is 0 Å². The summed E-state index contributed by atoms with van der Waals surface area (Å²) in [6, 6.07) is 0. The molecule has 1 fully saturated rings. The van der Waals surface area contributed by atoms with E-state index >= 15 is 0 Å². The summed E-state index contributed by atoms with van der Waals surface area (Å²) in [6.07, 6.45) is 5.92. The van der Waals surface area contributed by atoms with Crippen LogP contribution in [-0.2, 0) is 7.31 Å². The van der Waals surface area contributed by atoms with Crippen LogP contribution in [0.3, 0.4) is 0 Å². The van der Waals surface area contributed by atoms with Crippen molar-refractivity contribution in [3.8, 4) is 0 Å². The van der Waals surface area contributed by atoms with Crippen molar-refractivity contribution in [3.63, 3.8) is 0 Å². The van der Waals surface area contributed by atoms with E-state index in [0.717, 1.165) is 12.8 Å². The standard InChI is InChI=1S/C6H12O.6ClH.W/c7-6-4-2-1-3-5-6;;;;;;;/h6-7H,1-5H2;6*1H;/q;;;;;;;+6/p-6. The maximum atomic E-state index is 8.91. The molecule has 1 saturated carbocycles. The van der Waals surface area contributed by atoms with E-state index in [9.17, 15) is 0 Å². The van der Waals surface area contributed by atoms with Crippen LogP contribution in [0.5, 0.6) is 0 Å². The van der Waals surface area contributed by atoms with E-state index in [2.05, 4.69) is 0 Å². The number of hydrogen-bond acceptors (Lipinski definition) is 1. The van der Waals surface area contributed by atoms with Crippen LogP contribution in [-0.4, -0.2) is 11.2 Å². The second kappa shape index (κ2) is 4.94. The van der Waals surface area contributed by atoms with Gasteiger partial charge in [0.25, 0.3) is 0 Å². The van der Waals surface area contributed by atoms with Crippen LogP contribution in [0.15, 0.2) is 0 Å². The first-order valence-corrected chi connectivity index (χ1v) is 25.8. The van der Waals surface area contributed by atoms with Crippen LogP contribution in [0.2, 0.25) is 0 Å². The van der Waals surface area contributed by atoms with Gasteiger partial charge in [-0.3, -0.25) is 0 Å². The van der Waals surface area contributed by atoms with Gasteiger partial charge in [0.15, 0.2) is 0 Å². The minimum absolute atomic E-state index is 0.0359. The van der Waals surface area contributed by atoms with Crippen molar-refractivity contribution in [2.75, 3.05) is 0 Å². The van der Waals surface area contributed by atoms with Gasteiger partial charge in [-0.15, -0.1) is 0 Å². The molecule has 0 heterocycles. The Morgan fingerprint density at radius 2 is 1.07 bits per heavy atom. The predicted molar refractivity (Wildman–Crippen MR) is 64.2 cm³/mol. The van der Waals surface area contributed by atoms with Crippen molar-refractivity contribution in [3.05, 3.63) is 0 Å². The molecule has 1 aliphatic rings. The van der Waals surface area contributed by atoms with Gasteiger partial charge in [0, 0.05) is 0 Å². The van der Waals surface area contributed by atoms with Gasteiger partial charge in [-0.25, -0.2) is 0 Å². The molecule has 90 valence electrons. The molecule has 1 nitrogen and oxygen atoms in total. The molecular formula is C6H12Cl6OW. The maximum absolute atomic E-state index is 8.91. The number of rotatable bonds is 0. The summed E-state index contributed by atoms with van der Waals surface area (Å²) in [6.45, 7) is 0. The molecular weight excluding hydrogens is 485 g/mol. The molecule has 8 heteroatoms. The third-order valence-electron chi connectivity index (χ3n) is 1.57. The first-order valence-electron chi connectivity index (χ1n) is 4.00. The Balaban J connectivity index is 0.000000241. The normalized spacial score (nSPS) is 24.2. The van der Waals surface area contributed by atoms with Gasteiger partial charge in [0.2, 0.25) is 0 Å². The van der Waals surface area contributed by atoms with Gasteiger partial charge in [-0.05, 0) is 12.8 Å². The van der Waals surface area contributed by atoms with Crippen LogP contribution in [0, 0.1) is 0 Å². The molecule has 1 N–H and O–H groups in total. The molecule has 0 bridgehead atoms. The molecule has 0 aromatic heterocycles. The fourth-order valence-electron chi connectivity index (χ4n) is 1.08. The van der Waals surface area contributed by atoms with Gasteiger partial charge < -0.3 is 5.11 Å². The number of halogens is 6. The second-order valence-corrected chi connectivity index (χ2v) is 66.7. The summed E-state index contributed by atoms with van der Waals surface area (Å²) < 4.78 is 0. The molecule has 0 aromatic rings. The molecule has 0 spiro atoms. The van der Waals surface area contributed by atoms with E-state index in [-0.39, 0.29) is 6.10 Å². The Morgan fingerprint density at radius 1 is 0.786 bits per heavy atom. The van der Waals surface area contributed by atoms with Crippen molar-refractivity contribution >= 4 is 56.5 Å². The molecule has 0 saturated heterocycles. The first-order chi connectivity index (χ1) is 5.84. The van der Waals surface area contributed by atoms with Crippen LogP contribution < -0.4 is 0 Å². The zero-order valence-corrected chi connectivity index (χ0v) is 14.7. The van der Waals surface area contributed by atoms with Gasteiger partial charge >= 0.3 is 63.8 Å². The number of aliphatic hydroxyl groups excluding tert-OH is 1. The zero-order chi connectivity index (χ0) is 11.5. The van der Waals surface area contributed by atoms with Crippen LogP contribution >= 0.6 is 56.5 Å². The van der Waals surface area contributed by atoms with E-state index in [4.69, 9.17) is 61.6 Å². The molecule has 14 heavy (non-hydrogen) atoms. The van der Waals surface area contributed by atoms with Crippen LogP contribution in [0.4, 0.5) is 0 Å². The number of hydrogen-bond donors (Lipinski definition) is 1. The van der Waals surface area contributed by atoms with Gasteiger partial charge in [0.1, 0.15) is 0 Å². The van der Waals surface area contributed by atoms with E-state index in [0.29, 0.717) is 0 Å². The van der Waals surface area contributed by atoms with Gasteiger partial charge in [0.05, 0.1) is 6.10 Å². The molecule has 1 rings (SSSR count). The summed E-state index contributed by atoms with van der Waals surface area (Å²) in [7, 11) is 24.9. The Hall–Kier alpha value is 2.39. The summed E-state index contributed by atoms with van der Waals surface area (Å²) in [5, 5.41) is 8.91. The molecule has 0 unspecified atom stereocenters. The Morgan fingerprint density at radius 3 is 1.21 bits per heavy atom. The fourth-order valence-corrected chi connectivity index (χ4v) is 1.08.